The van der Waals surface area contributed by atoms with E-state index in [-0.39, 0.29) is 11.0 Å². The van der Waals surface area contributed by atoms with Gasteiger partial charge in [0.1, 0.15) is 11.9 Å². The molecular formula is C17H14NO3S-. The van der Waals surface area contributed by atoms with Crippen LogP contribution in [0.25, 0.3) is 10.9 Å². The molecule has 0 aliphatic carbocycles. The molecule has 112 valence electrons. The number of benzene rings is 2. The minimum Gasteiger partial charge on any atom is -0.768 e. The van der Waals surface area contributed by atoms with E-state index in [0.717, 1.165) is 16.5 Å². The summed E-state index contributed by atoms with van der Waals surface area (Å²) in [6.45, 7) is 1.96. The third-order valence-corrected chi connectivity index (χ3v) is 4.11. The standard InChI is InChI=1S/C17H15NO3S/c1-12(21-13-6-8-14(9-7-13)22(19)20)15-10-11-18-17-5-3-2-4-16(15)17/h2-12H,1H3,(H,19,20)/p-1. The lowest BCUT2D eigenvalue weighted by Gasteiger charge is -2.17. The number of aromatic nitrogens is 1. The van der Waals surface area contributed by atoms with E-state index in [1.165, 1.54) is 12.1 Å². The molecule has 5 heteroatoms. The highest BCUT2D eigenvalue weighted by molar-refractivity contribution is 7.79. The molecule has 2 aromatic carbocycles. The SMILES string of the molecule is CC(Oc1ccc(S(=O)[O-])cc1)c1ccnc2ccccc12. The molecule has 1 heterocycles. The van der Waals surface area contributed by atoms with Gasteiger partial charge in [-0.15, -0.1) is 0 Å². The van der Waals surface area contributed by atoms with Crippen LogP contribution in [0.2, 0.25) is 0 Å². The maximum absolute atomic E-state index is 10.9. The molecule has 0 amide bonds. The molecule has 0 aliphatic rings. The molecule has 2 atom stereocenters. The Morgan fingerprint density at radius 1 is 1.09 bits per heavy atom. The van der Waals surface area contributed by atoms with E-state index < -0.39 is 11.1 Å². The summed E-state index contributed by atoms with van der Waals surface area (Å²) in [4.78, 5) is 4.58. The van der Waals surface area contributed by atoms with E-state index in [1.54, 1.807) is 18.3 Å². The van der Waals surface area contributed by atoms with Crippen molar-refractivity contribution in [2.45, 2.75) is 17.9 Å². The van der Waals surface area contributed by atoms with E-state index in [0.29, 0.717) is 5.75 Å². The van der Waals surface area contributed by atoms with Crippen LogP contribution < -0.4 is 4.74 Å². The minimum absolute atomic E-state index is 0.170. The monoisotopic (exact) mass is 312 g/mol. The highest BCUT2D eigenvalue weighted by Crippen LogP contribution is 2.27. The van der Waals surface area contributed by atoms with Crippen LogP contribution in [0.5, 0.6) is 5.75 Å². The average molecular weight is 312 g/mol. The average Bonchev–Trinajstić information content (AvgIpc) is 2.54. The van der Waals surface area contributed by atoms with Crippen molar-refractivity contribution in [3.05, 3.63) is 66.4 Å². The molecule has 1 aromatic heterocycles. The number of rotatable bonds is 4. The van der Waals surface area contributed by atoms with Gasteiger partial charge in [0, 0.05) is 22.0 Å². The Bertz CT molecular complexity index is 812. The summed E-state index contributed by atoms with van der Waals surface area (Å²) < 4.78 is 27.6. The molecule has 0 aliphatic heterocycles. The molecule has 0 fully saturated rings. The molecule has 0 saturated heterocycles. The van der Waals surface area contributed by atoms with Gasteiger partial charge in [0.15, 0.2) is 0 Å². The molecule has 0 saturated carbocycles. The third kappa shape index (κ3) is 3.00. The smallest absolute Gasteiger partial charge is 0.122 e. The molecule has 4 nitrogen and oxygen atoms in total. The van der Waals surface area contributed by atoms with Crippen LogP contribution in [-0.4, -0.2) is 13.7 Å². The quantitative estimate of drug-likeness (QED) is 0.690. The predicted octanol–water partition coefficient (Wildman–Crippen LogP) is 3.61. The van der Waals surface area contributed by atoms with Gasteiger partial charge in [-0.1, -0.05) is 18.2 Å². The Hall–Kier alpha value is -2.24. The fourth-order valence-electron chi connectivity index (χ4n) is 2.37. The maximum Gasteiger partial charge on any atom is 0.122 e. The van der Waals surface area contributed by atoms with Gasteiger partial charge in [0.2, 0.25) is 0 Å². The predicted molar refractivity (Wildman–Crippen MR) is 84.4 cm³/mol. The van der Waals surface area contributed by atoms with Gasteiger partial charge < -0.3 is 9.29 Å². The Balaban J connectivity index is 1.87. The van der Waals surface area contributed by atoms with Crippen molar-refractivity contribution in [1.29, 1.82) is 0 Å². The zero-order valence-electron chi connectivity index (χ0n) is 11.9. The number of hydrogen-bond donors (Lipinski definition) is 0. The normalized spacial score (nSPS) is 13.7. The molecule has 0 spiro atoms. The first kappa shape index (κ1) is 14.7. The van der Waals surface area contributed by atoms with E-state index in [2.05, 4.69) is 4.98 Å². The topological polar surface area (TPSA) is 62.2 Å². The number of nitrogens with zero attached hydrogens (tertiary/aromatic N) is 1. The Labute approximate surface area is 131 Å². The lowest BCUT2D eigenvalue weighted by atomic mass is 10.1. The summed E-state index contributed by atoms with van der Waals surface area (Å²) in [5.74, 6) is 0.627. The molecule has 0 bridgehead atoms. The maximum atomic E-state index is 10.9. The Morgan fingerprint density at radius 2 is 1.82 bits per heavy atom. The van der Waals surface area contributed by atoms with Gasteiger partial charge in [0.25, 0.3) is 0 Å². The Kier molecular flexibility index (Phi) is 4.18. The second-order valence-electron chi connectivity index (χ2n) is 4.88. The number of ether oxygens (including phenoxy) is 1. The van der Waals surface area contributed by atoms with E-state index >= 15 is 0 Å². The van der Waals surface area contributed by atoms with Gasteiger partial charge >= 0.3 is 0 Å². The molecule has 3 rings (SSSR count). The van der Waals surface area contributed by atoms with Crippen molar-refractivity contribution in [3.63, 3.8) is 0 Å². The first-order chi connectivity index (χ1) is 10.6. The van der Waals surface area contributed by atoms with Crippen molar-refractivity contribution in [3.8, 4) is 5.75 Å². The van der Waals surface area contributed by atoms with Gasteiger partial charge in [0.05, 0.1) is 5.52 Å². The van der Waals surface area contributed by atoms with Crippen molar-refractivity contribution in [1.82, 2.24) is 4.98 Å². The first-order valence-electron chi connectivity index (χ1n) is 6.85. The lowest BCUT2D eigenvalue weighted by molar-refractivity contribution is 0.228. The zero-order chi connectivity index (χ0) is 15.5. The van der Waals surface area contributed by atoms with Crippen LogP contribution in [0.3, 0.4) is 0 Å². The molecular weight excluding hydrogens is 298 g/mol. The van der Waals surface area contributed by atoms with Crippen molar-refractivity contribution >= 4 is 22.0 Å². The zero-order valence-corrected chi connectivity index (χ0v) is 12.7. The van der Waals surface area contributed by atoms with E-state index in [1.807, 2.05) is 37.3 Å². The van der Waals surface area contributed by atoms with Crippen molar-refractivity contribution in [2.75, 3.05) is 0 Å². The highest BCUT2D eigenvalue weighted by atomic mass is 32.2. The minimum atomic E-state index is -2.22. The molecule has 2 unspecified atom stereocenters. The van der Waals surface area contributed by atoms with Gasteiger partial charge in [-0.25, -0.2) is 0 Å². The summed E-state index contributed by atoms with van der Waals surface area (Å²) in [5, 5.41) is 1.05. The molecule has 0 N–H and O–H groups in total. The summed E-state index contributed by atoms with van der Waals surface area (Å²) in [6.07, 6.45) is 1.60. The van der Waals surface area contributed by atoms with Crippen molar-refractivity contribution < 1.29 is 13.5 Å². The second-order valence-corrected chi connectivity index (χ2v) is 5.82. The molecule has 22 heavy (non-hydrogen) atoms. The third-order valence-electron chi connectivity index (χ3n) is 3.45. The van der Waals surface area contributed by atoms with Crippen LogP contribution in [0.1, 0.15) is 18.6 Å². The van der Waals surface area contributed by atoms with Gasteiger partial charge in [-0.2, -0.15) is 0 Å². The first-order valence-corrected chi connectivity index (χ1v) is 7.92. The van der Waals surface area contributed by atoms with Crippen LogP contribution in [0.4, 0.5) is 0 Å². The number of hydrogen-bond acceptors (Lipinski definition) is 4. The number of pyridine rings is 1. The fraction of sp³-hybridized carbons (Fsp3) is 0.118. The van der Waals surface area contributed by atoms with Crippen molar-refractivity contribution in [2.24, 2.45) is 0 Å². The summed E-state index contributed by atoms with van der Waals surface area (Å²) in [7, 11) is 0. The molecule has 3 aromatic rings. The number of para-hydroxylation sites is 1. The summed E-state index contributed by atoms with van der Waals surface area (Å²) in [5.41, 5.74) is 1.97. The number of fused-ring (bicyclic) bond motifs is 1. The van der Waals surface area contributed by atoms with Gasteiger partial charge in [-0.3, -0.25) is 9.19 Å². The van der Waals surface area contributed by atoms with Crippen LogP contribution in [-0.2, 0) is 11.1 Å². The van der Waals surface area contributed by atoms with Crippen LogP contribution in [0, 0.1) is 0 Å². The van der Waals surface area contributed by atoms with E-state index in [4.69, 9.17) is 4.74 Å². The molecule has 0 radical (unpaired) electrons. The fourth-order valence-corrected chi connectivity index (χ4v) is 2.73. The van der Waals surface area contributed by atoms with E-state index in [9.17, 15) is 8.76 Å². The lowest BCUT2D eigenvalue weighted by Crippen LogP contribution is -2.04. The van der Waals surface area contributed by atoms with Crippen LogP contribution >= 0.6 is 0 Å². The Morgan fingerprint density at radius 3 is 2.55 bits per heavy atom. The second kappa shape index (κ2) is 6.25. The summed E-state index contributed by atoms with van der Waals surface area (Å²) >= 11 is -2.22. The summed E-state index contributed by atoms with van der Waals surface area (Å²) in [6, 6.07) is 16.2. The highest BCUT2D eigenvalue weighted by Gasteiger charge is 2.11. The van der Waals surface area contributed by atoms with Crippen LogP contribution in [0.15, 0.2) is 65.7 Å². The van der Waals surface area contributed by atoms with Gasteiger partial charge in [-0.05, 0) is 54.4 Å². The largest absolute Gasteiger partial charge is 0.768 e.